The summed E-state index contributed by atoms with van der Waals surface area (Å²) in [5.74, 6) is 0.780. The van der Waals surface area contributed by atoms with E-state index in [-0.39, 0.29) is 5.92 Å². The van der Waals surface area contributed by atoms with Crippen molar-refractivity contribution in [1.82, 2.24) is 14.6 Å². The van der Waals surface area contributed by atoms with E-state index in [4.69, 9.17) is 4.74 Å². The van der Waals surface area contributed by atoms with Crippen molar-refractivity contribution < 1.29 is 9.13 Å². The lowest BCUT2D eigenvalue weighted by Crippen LogP contribution is -2.17. The molecule has 1 fully saturated rings. The molecule has 1 saturated carbocycles. The van der Waals surface area contributed by atoms with Crippen LogP contribution < -0.4 is 9.64 Å². The Hall–Kier alpha value is -2.63. The SMILES string of the molecule is COc1ccc(CN(C)c2ccnn3cc([C@H]4C[C@@H]4F)nc23)cc1. The Kier molecular flexibility index (Phi) is 3.59. The van der Waals surface area contributed by atoms with Crippen LogP contribution >= 0.6 is 0 Å². The summed E-state index contributed by atoms with van der Waals surface area (Å²) < 4.78 is 20.2. The molecule has 2 heterocycles. The lowest BCUT2D eigenvalue weighted by atomic mass is 10.2. The number of hydrogen-bond acceptors (Lipinski definition) is 4. The molecule has 0 radical (unpaired) electrons. The van der Waals surface area contributed by atoms with Crippen molar-refractivity contribution in [2.45, 2.75) is 25.1 Å². The zero-order chi connectivity index (χ0) is 16.7. The number of alkyl halides is 1. The Morgan fingerprint density at radius 3 is 2.71 bits per heavy atom. The summed E-state index contributed by atoms with van der Waals surface area (Å²) >= 11 is 0. The van der Waals surface area contributed by atoms with Gasteiger partial charge in [-0.3, -0.25) is 0 Å². The minimum Gasteiger partial charge on any atom is -0.497 e. The minimum absolute atomic E-state index is 0.0635. The van der Waals surface area contributed by atoms with Crippen LogP contribution in [0.3, 0.4) is 0 Å². The van der Waals surface area contributed by atoms with Crippen LogP contribution in [-0.4, -0.2) is 34.9 Å². The van der Waals surface area contributed by atoms with E-state index in [2.05, 4.69) is 15.0 Å². The third-order valence-corrected chi connectivity index (χ3v) is 4.44. The van der Waals surface area contributed by atoms with Crippen molar-refractivity contribution in [1.29, 1.82) is 0 Å². The molecule has 0 N–H and O–H groups in total. The number of methoxy groups -OCH3 is 1. The maximum absolute atomic E-state index is 13.3. The van der Waals surface area contributed by atoms with Crippen molar-refractivity contribution in [3.63, 3.8) is 0 Å². The maximum Gasteiger partial charge on any atom is 0.177 e. The molecule has 1 aliphatic carbocycles. The summed E-state index contributed by atoms with van der Waals surface area (Å²) in [4.78, 5) is 6.73. The highest BCUT2D eigenvalue weighted by molar-refractivity contribution is 5.68. The molecule has 0 bridgehead atoms. The van der Waals surface area contributed by atoms with E-state index in [0.29, 0.717) is 6.42 Å². The third kappa shape index (κ3) is 2.68. The van der Waals surface area contributed by atoms with Gasteiger partial charge in [0.15, 0.2) is 5.65 Å². The fraction of sp³-hybridized carbons (Fsp3) is 0.333. The van der Waals surface area contributed by atoms with E-state index in [1.807, 2.05) is 43.6 Å². The van der Waals surface area contributed by atoms with Crippen LogP contribution in [0.5, 0.6) is 5.75 Å². The Labute approximate surface area is 139 Å². The topological polar surface area (TPSA) is 42.7 Å². The summed E-state index contributed by atoms with van der Waals surface area (Å²) in [6.45, 7) is 0.737. The summed E-state index contributed by atoms with van der Waals surface area (Å²) in [6.07, 6.45) is 3.40. The fourth-order valence-electron chi connectivity index (χ4n) is 2.94. The van der Waals surface area contributed by atoms with Gasteiger partial charge in [0.25, 0.3) is 0 Å². The van der Waals surface area contributed by atoms with Gasteiger partial charge >= 0.3 is 0 Å². The molecule has 6 heteroatoms. The van der Waals surface area contributed by atoms with Gasteiger partial charge in [-0.05, 0) is 30.2 Å². The molecule has 3 aromatic rings. The molecule has 0 aliphatic heterocycles. The molecule has 4 rings (SSSR count). The molecule has 1 aromatic carbocycles. The third-order valence-electron chi connectivity index (χ3n) is 4.44. The largest absolute Gasteiger partial charge is 0.497 e. The van der Waals surface area contributed by atoms with Gasteiger partial charge in [-0.25, -0.2) is 13.9 Å². The van der Waals surface area contributed by atoms with Gasteiger partial charge in [-0.15, -0.1) is 0 Å². The number of aromatic nitrogens is 3. The highest BCUT2D eigenvalue weighted by atomic mass is 19.1. The Morgan fingerprint density at radius 1 is 1.29 bits per heavy atom. The second-order valence-electron chi connectivity index (χ2n) is 6.21. The van der Waals surface area contributed by atoms with Crippen LogP contribution in [0, 0.1) is 0 Å². The van der Waals surface area contributed by atoms with Crippen molar-refractivity contribution in [2.75, 3.05) is 19.1 Å². The second kappa shape index (κ2) is 5.78. The number of rotatable bonds is 5. The van der Waals surface area contributed by atoms with Crippen molar-refractivity contribution >= 4 is 11.3 Å². The number of imidazole rings is 1. The predicted octanol–water partition coefficient (Wildman–Crippen LogP) is 3.20. The number of hydrogen-bond donors (Lipinski definition) is 0. The maximum atomic E-state index is 13.3. The molecular weight excluding hydrogens is 307 g/mol. The van der Waals surface area contributed by atoms with Crippen LogP contribution in [0.1, 0.15) is 23.6 Å². The lowest BCUT2D eigenvalue weighted by Gasteiger charge is -2.19. The Morgan fingerprint density at radius 2 is 2.04 bits per heavy atom. The lowest BCUT2D eigenvalue weighted by molar-refractivity contribution is 0.414. The summed E-state index contributed by atoms with van der Waals surface area (Å²) in [7, 11) is 3.68. The smallest absolute Gasteiger partial charge is 0.177 e. The normalized spacial score (nSPS) is 19.5. The summed E-state index contributed by atoms with van der Waals surface area (Å²) in [6, 6.07) is 9.93. The van der Waals surface area contributed by atoms with Crippen LogP contribution in [0.25, 0.3) is 5.65 Å². The zero-order valence-corrected chi connectivity index (χ0v) is 13.7. The number of ether oxygens (including phenoxy) is 1. The molecule has 0 spiro atoms. The average Bonchev–Trinajstić information content (AvgIpc) is 3.17. The molecule has 124 valence electrons. The number of nitrogens with zero attached hydrogens (tertiary/aromatic N) is 4. The van der Waals surface area contributed by atoms with E-state index >= 15 is 0 Å². The molecule has 2 atom stereocenters. The van der Waals surface area contributed by atoms with Crippen LogP contribution in [-0.2, 0) is 6.54 Å². The van der Waals surface area contributed by atoms with Crippen molar-refractivity contribution in [3.05, 3.63) is 54.0 Å². The number of benzene rings is 1. The number of fused-ring (bicyclic) bond motifs is 1. The standard InChI is InChI=1S/C18H19FN4O/c1-22(10-12-3-5-13(24-2)6-4-12)17-7-8-20-23-11-16(21-18(17)23)14-9-15(14)19/h3-8,11,14-15H,9-10H2,1-2H3/t14-,15-/m0/s1. The molecule has 24 heavy (non-hydrogen) atoms. The number of anilines is 1. The molecule has 5 nitrogen and oxygen atoms in total. The molecule has 1 aliphatic rings. The second-order valence-corrected chi connectivity index (χ2v) is 6.21. The van der Waals surface area contributed by atoms with Crippen molar-refractivity contribution in [2.24, 2.45) is 0 Å². The van der Waals surface area contributed by atoms with Crippen LogP contribution in [0.4, 0.5) is 10.1 Å². The first-order valence-electron chi connectivity index (χ1n) is 7.98. The van der Waals surface area contributed by atoms with Gasteiger partial charge in [-0.1, -0.05) is 12.1 Å². The van der Waals surface area contributed by atoms with Gasteiger partial charge in [0, 0.05) is 19.5 Å². The van der Waals surface area contributed by atoms with E-state index in [1.54, 1.807) is 17.8 Å². The van der Waals surface area contributed by atoms with Gasteiger partial charge in [0.2, 0.25) is 0 Å². The monoisotopic (exact) mass is 326 g/mol. The van der Waals surface area contributed by atoms with Crippen LogP contribution in [0.2, 0.25) is 0 Å². The summed E-state index contributed by atoms with van der Waals surface area (Å²) in [5, 5.41) is 4.30. The molecular formula is C18H19FN4O. The Bertz CT molecular complexity index is 861. The minimum atomic E-state index is -0.754. The zero-order valence-electron chi connectivity index (χ0n) is 13.7. The molecule has 2 aromatic heterocycles. The highest BCUT2D eigenvalue weighted by Crippen LogP contribution is 2.43. The quantitative estimate of drug-likeness (QED) is 0.722. The average molecular weight is 326 g/mol. The van der Waals surface area contributed by atoms with Crippen molar-refractivity contribution in [3.8, 4) is 5.75 Å². The van der Waals surface area contributed by atoms with Gasteiger partial charge in [-0.2, -0.15) is 5.10 Å². The van der Waals surface area contributed by atoms with E-state index in [0.717, 1.165) is 29.3 Å². The van der Waals surface area contributed by atoms with Gasteiger partial charge in [0.1, 0.15) is 11.9 Å². The summed E-state index contributed by atoms with van der Waals surface area (Å²) in [5.41, 5.74) is 3.71. The first kappa shape index (κ1) is 14.9. The molecule has 0 unspecified atom stereocenters. The predicted molar refractivity (Wildman–Crippen MR) is 90.3 cm³/mol. The highest BCUT2D eigenvalue weighted by Gasteiger charge is 2.40. The first-order chi connectivity index (χ1) is 11.7. The van der Waals surface area contributed by atoms with E-state index in [1.165, 1.54) is 5.56 Å². The fourth-order valence-corrected chi connectivity index (χ4v) is 2.94. The van der Waals surface area contributed by atoms with E-state index in [9.17, 15) is 4.39 Å². The Balaban J connectivity index is 1.61. The van der Waals surface area contributed by atoms with Gasteiger partial charge < -0.3 is 9.64 Å². The van der Waals surface area contributed by atoms with E-state index < -0.39 is 6.17 Å². The van der Waals surface area contributed by atoms with Gasteiger partial charge in [0.05, 0.1) is 30.9 Å². The first-order valence-corrected chi connectivity index (χ1v) is 7.98. The van der Waals surface area contributed by atoms with Crippen LogP contribution in [0.15, 0.2) is 42.7 Å². The molecule has 0 amide bonds. The molecule has 0 saturated heterocycles. The number of halogens is 1.